The van der Waals surface area contributed by atoms with Crippen LogP contribution in [0.5, 0.6) is 0 Å². The predicted molar refractivity (Wildman–Crippen MR) is 171 cm³/mol. The second-order valence-corrected chi connectivity index (χ2v) is 17.0. The Morgan fingerprint density at radius 3 is 2.64 bits per heavy atom. The molecule has 0 bridgehead atoms. The van der Waals surface area contributed by atoms with Gasteiger partial charge in [-0.25, -0.2) is 23.7 Å². The topological polar surface area (TPSA) is 65.3 Å². The molecule has 0 radical (unpaired) electrons. The number of nitrogens with zero attached hydrogens (tertiary/aromatic N) is 5. The second-order valence-electron chi connectivity index (χ2n) is 12.7. The quantitative estimate of drug-likeness (QED) is 0.195. The summed E-state index contributed by atoms with van der Waals surface area (Å²) in [7, 11) is -0.851. The summed E-state index contributed by atoms with van der Waals surface area (Å²) in [6, 6.07) is 17.0. The molecule has 0 saturated carbocycles. The number of fused-ring (bicyclic) bond motifs is 1. The molecule has 2 aromatic heterocycles. The van der Waals surface area contributed by atoms with Gasteiger partial charge in [0.15, 0.2) is 23.2 Å². The standard InChI is InChI=1S/C34H39F2N5O2Si/c1-34(2,3)44(27-14-7-5-8-15-27,28-16-9-6-10-17-28)42-21-26-19-29(36)33(43-26)41-23-39-30-31(37-22-38-32(30)41)40(4)20-24-12-11-13-25(35)18-24/h5-9,11-16,18,22-23,26,29,33H,10,17,19-21H2,1-4H3/t26-,29+,33+,44?/m0/s1. The number of rotatable bonds is 9. The summed E-state index contributed by atoms with van der Waals surface area (Å²) in [6.45, 7) is 7.47. The number of anilines is 1. The fourth-order valence-corrected chi connectivity index (χ4v) is 11.5. The fourth-order valence-electron chi connectivity index (χ4n) is 6.62. The molecule has 2 aliphatic rings. The van der Waals surface area contributed by atoms with Gasteiger partial charge in [0.2, 0.25) is 0 Å². The van der Waals surface area contributed by atoms with E-state index >= 15 is 4.39 Å². The number of aromatic nitrogens is 4. The van der Waals surface area contributed by atoms with E-state index in [-0.39, 0.29) is 17.3 Å². The number of halogens is 2. The van der Waals surface area contributed by atoms with Crippen molar-refractivity contribution < 1.29 is 17.9 Å². The van der Waals surface area contributed by atoms with Crippen LogP contribution in [0, 0.1) is 5.82 Å². The van der Waals surface area contributed by atoms with Crippen LogP contribution in [0.3, 0.4) is 0 Å². The SMILES string of the molecule is CN(Cc1cccc(F)c1)c1ncnc2c1ncn2[C@@H]1O[C@H](CO[Si](C2=CC=CCC2)(c2ccccc2)C(C)(C)C)C[C@H]1F. The predicted octanol–water partition coefficient (Wildman–Crippen LogP) is 6.71. The Labute approximate surface area is 258 Å². The van der Waals surface area contributed by atoms with E-state index in [0.717, 1.165) is 18.4 Å². The molecular formula is C34H39F2N5O2Si. The summed E-state index contributed by atoms with van der Waals surface area (Å²) < 4.78 is 44.6. The number of hydrogen-bond donors (Lipinski definition) is 0. The van der Waals surface area contributed by atoms with E-state index in [1.54, 1.807) is 17.0 Å². The minimum atomic E-state index is -2.71. The Kier molecular flexibility index (Phi) is 8.50. The molecule has 3 heterocycles. The molecule has 4 aromatic rings. The highest BCUT2D eigenvalue weighted by atomic mass is 28.4. The minimum Gasteiger partial charge on any atom is -0.405 e. The van der Waals surface area contributed by atoms with Gasteiger partial charge in [0.1, 0.15) is 18.3 Å². The zero-order valence-corrected chi connectivity index (χ0v) is 26.7. The third-order valence-corrected chi connectivity index (χ3v) is 13.8. The molecule has 1 saturated heterocycles. The van der Waals surface area contributed by atoms with Gasteiger partial charge >= 0.3 is 0 Å². The summed E-state index contributed by atoms with van der Waals surface area (Å²) >= 11 is 0. The third-order valence-electron chi connectivity index (χ3n) is 8.60. The Morgan fingerprint density at radius 2 is 1.91 bits per heavy atom. The fraction of sp³-hybridized carbons (Fsp3) is 0.382. The van der Waals surface area contributed by atoms with E-state index in [9.17, 15) is 4.39 Å². The van der Waals surface area contributed by atoms with Crippen molar-refractivity contribution in [2.24, 2.45) is 0 Å². The van der Waals surface area contributed by atoms with Crippen LogP contribution in [0.1, 0.15) is 51.8 Å². The van der Waals surface area contributed by atoms with E-state index in [2.05, 4.69) is 78.2 Å². The number of ether oxygens (including phenoxy) is 1. The molecule has 7 nitrogen and oxygen atoms in total. The summed E-state index contributed by atoms with van der Waals surface area (Å²) in [6.07, 6.45) is 9.13. The maximum Gasteiger partial charge on any atom is 0.257 e. The van der Waals surface area contributed by atoms with E-state index in [1.165, 1.54) is 28.8 Å². The second kappa shape index (κ2) is 12.3. The normalized spacial score (nSPS) is 21.8. The number of allylic oxidation sites excluding steroid dienone is 4. The molecule has 10 heteroatoms. The molecule has 4 atom stereocenters. The van der Waals surface area contributed by atoms with Gasteiger partial charge in [-0.3, -0.25) is 4.57 Å². The lowest BCUT2D eigenvalue weighted by atomic mass is 10.2. The first-order valence-electron chi connectivity index (χ1n) is 15.2. The van der Waals surface area contributed by atoms with Crippen LogP contribution in [0.25, 0.3) is 11.2 Å². The van der Waals surface area contributed by atoms with E-state index < -0.39 is 26.8 Å². The Morgan fingerprint density at radius 1 is 1.09 bits per heavy atom. The molecule has 1 unspecified atom stereocenters. The largest absolute Gasteiger partial charge is 0.405 e. The van der Waals surface area contributed by atoms with Crippen molar-refractivity contribution in [1.82, 2.24) is 19.5 Å². The monoisotopic (exact) mass is 615 g/mol. The summed E-state index contributed by atoms with van der Waals surface area (Å²) in [5, 5.41) is 2.41. The number of benzene rings is 2. The third kappa shape index (κ3) is 5.73. The first-order valence-corrected chi connectivity index (χ1v) is 17.1. The number of hydrogen-bond acceptors (Lipinski definition) is 6. The van der Waals surface area contributed by atoms with Crippen molar-refractivity contribution in [3.05, 3.63) is 102 Å². The molecule has 1 fully saturated rings. The van der Waals surface area contributed by atoms with E-state index in [0.29, 0.717) is 30.1 Å². The van der Waals surface area contributed by atoms with Gasteiger partial charge < -0.3 is 14.1 Å². The first kappa shape index (κ1) is 30.3. The maximum absolute atomic E-state index is 15.7. The van der Waals surface area contributed by atoms with Gasteiger partial charge in [0, 0.05) is 20.0 Å². The Hall–Kier alpha value is -3.73. The van der Waals surface area contributed by atoms with Crippen molar-refractivity contribution in [2.45, 2.75) is 70.1 Å². The van der Waals surface area contributed by atoms with Crippen LogP contribution >= 0.6 is 0 Å². The highest BCUT2D eigenvalue weighted by molar-refractivity contribution is 6.94. The molecule has 0 amide bonds. The smallest absolute Gasteiger partial charge is 0.257 e. The lowest BCUT2D eigenvalue weighted by Crippen LogP contribution is -2.60. The maximum atomic E-state index is 15.7. The molecule has 1 aliphatic carbocycles. The van der Waals surface area contributed by atoms with Crippen molar-refractivity contribution >= 4 is 30.5 Å². The molecule has 0 spiro atoms. The zero-order chi connectivity index (χ0) is 30.9. The Balaban J connectivity index is 1.24. The van der Waals surface area contributed by atoms with Gasteiger partial charge in [0.25, 0.3) is 8.32 Å². The van der Waals surface area contributed by atoms with Gasteiger partial charge in [-0.15, -0.1) is 0 Å². The molecule has 2 aromatic carbocycles. The van der Waals surface area contributed by atoms with Gasteiger partial charge in [0.05, 0.1) is 19.0 Å². The van der Waals surface area contributed by atoms with Crippen LogP contribution in [0.4, 0.5) is 14.6 Å². The molecule has 0 N–H and O–H groups in total. The van der Waals surface area contributed by atoms with Crippen LogP contribution < -0.4 is 10.1 Å². The van der Waals surface area contributed by atoms with Gasteiger partial charge in [-0.1, -0.05) is 81.5 Å². The van der Waals surface area contributed by atoms with Crippen LogP contribution in [0.2, 0.25) is 5.04 Å². The van der Waals surface area contributed by atoms with Crippen LogP contribution in [-0.4, -0.2) is 53.8 Å². The van der Waals surface area contributed by atoms with E-state index in [4.69, 9.17) is 9.16 Å². The first-order chi connectivity index (χ1) is 21.2. The highest BCUT2D eigenvalue weighted by Gasteiger charge is 2.52. The molecule has 1 aliphatic heterocycles. The lowest BCUT2D eigenvalue weighted by Gasteiger charge is -2.45. The molecule has 44 heavy (non-hydrogen) atoms. The van der Waals surface area contributed by atoms with Crippen LogP contribution in [0.15, 0.2) is 90.7 Å². The average molecular weight is 616 g/mol. The van der Waals surface area contributed by atoms with Gasteiger partial charge in [-0.2, -0.15) is 0 Å². The van der Waals surface area contributed by atoms with Crippen molar-refractivity contribution in [2.75, 3.05) is 18.6 Å². The van der Waals surface area contributed by atoms with Gasteiger partial charge in [-0.05, 0) is 46.0 Å². The molecular weight excluding hydrogens is 576 g/mol. The average Bonchev–Trinajstić information content (AvgIpc) is 3.60. The van der Waals surface area contributed by atoms with E-state index in [1.807, 2.05) is 24.1 Å². The highest BCUT2D eigenvalue weighted by Crippen LogP contribution is 2.44. The number of imidazole rings is 1. The summed E-state index contributed by atoms with van der Waals surface area (Å²) in [5.74, 6) is 0.280. The van der Waals surface area contributed by atoms with Crippen molar-refractivity contribution in [1.29, 1.82) is 0 Å². The van der Waals surface area contributed by atoms with Crippen molar-refractivity contribution in [3.63, 3.8) is 0 Å². The molecule has 6 rings (SSSR count). The Bertz CT molecular complexity index is 1670. The summed E-state index contributed by atoms with van der Waals surface area (Å²) in [5.41, 5.74) is 1.81. The molecule has 230 valence electrons. The lowest BCUT2D eigenvalue weighted by molar-refractivity contribution is -0.0328. The minimum absolute atomic E-state index is 0.149. The summed E-state index contributed by atoms with van der Waals surface area (Å²) in [4.78, 5) is 15.3. The van der Waals surface area contributed by atoms with Crippen LogP contribution in [-0.2, 0) is 15.7 Å². The number of alkyl halides is 1. The van der Waals surface area contributed by atoms with Crippen molar-refractivity contribution in [3.8, 4) is 0 Å². The zero-order valence-electron chi connectivity index (χ0n) is 25.7.